The van der Waals surface area contributed by atoms with Crippen LogP contribution in [0.5, 0.6) is 5.75 Å². The van der Waals surface area contributed by atoms with Gasteiger partial charge in [0.2, 0.25) is 5.91 Å². The molecule has 1 fully saturated rings. The van der Waals surface area contributed by atoms with Crippen LogP contribution in [0.1, 0.15) is 52.1 Å². The van der Waals surface area contributed by atoms with E-state index in [0.717, 1.165) is 41.7 Å². The molecule has 0 unspecified atom stereocenters. The summed E-state index contributed by atoms with van der Waals surface area (Å²) in [6.45, 7) is 4.23. The number of ether oxygens (including phenoxy) is 1. The molecule has 280 valence electrons. The number of hydroxylamine groups is 2. The van der Waals surface area contributed by atoms with Gasteiger partial charge in [-0.15, -0.1) is 15.6 Å². The van der Waals surface area contributed by atoms with Crippen LogP contribution in [0, 0.1) is 0 Å². The number of hydrogen-bond donors (Lipinski definition) is 6. The molecule has 3 atom stereocenters. The van der Waals surface area contributed by atoms with Crippen LogP contribution in [0.2, 0.25) is 0 Å². The molecule has 8 N–H and O–H groups in total. The lowest BCUT2D eigenvalue weighted by atomic mass is 9.84. The van der Waals surface area contributed by atoms with Crippen LogP contribution in [0.25, 0.3) is 11.1 Å². The molecule has 1 aliphatic rings. The Morgan fingerprint density at radius 3 is 2.38 bits per heavy atom. The topological polar surface area (TPSA) is 288 Å². The number of anilines is 2. The Kier molecular flexibility index (Phi) is 12.8. The Labute approximate surface area is 302 Å². The highest BCUT2D eigenvalue weighted by Gasteiger charge is 2.58. The van der Waals surface area contributed by atoms with Crippen molar-refractivity contribution in [3.05, 3.63) is 53.7 Å². The number of amides is 3. The molecule has 19 nitrogen and oxygen atoms in total. The number of carboxylic acid groups (broad SMARTS) is 1. The fourth-order valence-electron chi connectivity index (χ4n) is 4.80. The number of benzene rings is 1. The van der Waals surface area contributed by atoms with Crippen LogP contribution in [0.15, 0.2) is 53.1 Å². The summed E-state index contributed by atoms with van der Waals surface area (Å²) in [5.41, 5.74) is 11.1. The molecule has 52 heavy (non-hydrogen) atoms. The second-order valence-corrected chi connectivity index (χ2v) is 13.9. The number of thiazole rings is 1. The summed E-state index contributed by atoms with van der Waals surface area (Å²) >= 11 is 0.944. The summed E-state index contributed by atoms with van der Waals surface area (Å²) in [7, 11) is -5.03. The monoisotopic (exact) mass is 762 g/mol. The average Bonchev–Trinajstić information content (AvgIpc) is 3.52. The first-order valence-electron chi connectivity index (χ1n) is 15.8. The minimum absolute atomic E-state index is 0.0428. The van der Waals surface area contributed by atoms with Gasteiger partial charge < -0.3 is 36.8 Å². The Morgan fingerprint density at radius 2 is 1.83 bits per heavy atom. The van der Waals surface area contributed by atoms with Gasteiger partial charge in [0.15, 0.2) is 10.8 Å². The van der Waals surface area contributed by atoms with Crippen molar-refractivity contribution in [2.24, 2.45) is 10.9 Å². The number of rotatable bonds is 18. The van der Waals surface area contributed by atoms with E-state index in [9.17, 15) is 32.7 Å². The smallest absolute Gasteiger partial charge is 0.418 e. The van der Waals surface area contributed by atoms with E-state index in [1.165, 1.54) is 19.2 Å². The van der Waals surface area contributed by atoms with Crippen LogP contribution in [-0.2, 0) is 38.7 Å². The number of β-lactam (4-membered cyclic amide) rings is 1. The standard InChI is InChI=1S/C31H38N8O11S2/c1-4-5-6-7-20(32)26(40)36-23-13-10-18(14-34-23)17-8-11-19(12-9-17)48-15-22(29(43)44)49-38-24(21-16-51-30(33)35-21)27(41)37-25-28(42)39(31(25,2)3)50-52(45,46)47/h8-14,16,20,22,25H,4-7,15,32H2,1-3H3,(H2,33,35)(H,37,41)(H,43,44)(H,34,36,40)(H,45,46,47)/b38-24-/t20-,22-,25+/m0/s1. The van der Waals surface area contributed by atoms with Gasteiger partial charge in [-0.3, -0.25) is 18.9 Å². The zero-order chi connectivity index (χ0) is 38.2. The van der Waals surface area contributed by atoms with Crippen molar-refractivity contribution in [1.82, 2.24) is 20.3 Å². The number of carbonyl (C=O) groups excluding carboxylic acids is 3. The third-order valence-corrected chi connectivity index (χ3v) is 8.72. The molecule has 2 aromatic heterocycles. The Balaban J connectivity index is 1.38. The summed E-state index contributed by atoms with van der Waals surface area (Å²) in [6.07, 6.45) is 3.34. The molecular formula is C31H38N8O11S2. The summed E-state index contributed by atoms with van der Waals surface area (Å²) in [5, 5.41) is 20.3. The number of hydrogen-bond acceptors (Lipinski definition) is 15. The van der Waals surface area contributed by atoms with Crippen LogP contribution in [-0.4, -0.2) is 92.8 Å². The maximum absolute atomic E-state index is 13.2. The number of unbranched alkanes of at least 4 members (excludes halogenated alkanes) is 2. The fraction of sp³-hybridized carbons (Fsp3) is 0.387. The molecule has 0 spiro atoms. The number of aromatic nitrogens is 2. The van der Waals surface area contributed by atoms with Crippen molar-refractivity contribution >= 4 is 62.1 Å². The molecule has 0 radical (unpaired) electrons. The van der Waals surface area contributed by atoms with E-state index in [1.54, 1.807) is 42.6 Å². The molecule has 21 heteroatoms. The third-order valence-electron chi connectivity index (χ3n) is 7.71. The second kappa shape index (κ2) is 16.9. The molecule has 1 saturated heterocycles. The van der Waals surface area contributed by atoms with Crippen LogP contribution >= 0.6 is 11.3 Å². The highest BCUT2D eigenvalue weighted by Crippen LogP contribution is 2.33. The average molecular weight is 763 g/mol. The van der Waals surface area contributed by atoms with Gasteiger partial charge in [-0.1, -0.05) is 43.5 Å². The molecule has 3 heterocycles. The summed E-state index contributed by atoms with van der Waals surface area (Å²) in [4.78, 5) is 63.6. The third kappa shape index (κ3) is 10.2. The van der Waals surface area contributed by atoms with Crippen LogP contribution in [0.4, 0.5) is 10.9 Å². The minimum atomic E-state index is -5.03. The number of nitrogens with one attached hydrogen (secondary N) is 2. The van der Waals surface area contributed by atoms with Gasteiger partial charge in [0.05, 0.1) is 11.6 Å². The summed E-state index contributed by atoms with van der Waals surface area (Å²) in [6, 6.07) is 8.05. The summed E-state index contributed by atoms with van der Waals surface area (Å²) in [5.74, 6) is -3.20. The van der Waals surface area contributed by atoms with Gasteiger partial charge in [0.1, 0.15) is 29.9 Å². The Morgan fingerprint density at radius 1 is 1.13 bits per heavy atom. The minimum Gasteiger partial charge on any atom is -0.489 e. The zero-order valence-corrected chi connectivity index (χ0v) is 29.8. The van der Waals surface area contributed by atoms with Crippen LogP contribution in [0.3, 0.4) is 0 Å². The SMILES string of the molecule is CCCCC[C@H](N)C(=O)Nc1ccc(-c2ccc(OC[C@H](O/N=C(\C(=O)N[C@@H]3C(=O)N(OS(=O)(=O)O)C3(C)C)c3csc(N)n3)C(=O)O)cc2)cn1. The predicted octanol–water partition coefficient (Wildman–Crippen LogP) is 1.73. The van der Waals surface area contributed by atoms with Crippen molar-refractivity contribution in [2.45, 2.75) is 70.2 Å². The van der Waals surface area contributed by atoms with E-state index < -0.39 is 64.2 Å². The quantitative estimate of drug-likeness (QED) is 0.0354. The maximum Gasteiger partial charge on any atom is 0.418 e. The zero-order valence-electron chi connectivity index (χ0n) is 28.2. The normalized spacial score (nSPS) is 16.7. The van der Waals surface area contributed by atoms with Crippen LogP contribution < -0.4 is 26.8 Å². The lowest BCUT2D eigenvalue weighted by molar-refractivity contribution is -0.218. The highest BCUT2D eigenvalue weighted by atomic mass is 32.3. The van der Waals surface area contributed by atoms with Crippen molar-refractivity contribution in [3.8, 4) is 16.9 Å². The fourth-order valence-corrected chi connectivity index (χ4v) is 5.80. The lowest BCUT2D eigenvalue weighted by Gasteiger charge is -2.50. The van der Waals surface area contributed by atoms with Gasteiger partial charge in [-0.05, 0) is 50.1 Å². The molecule has 3 aromatic rings. The highest BCUT2D eigenvalue weighted by molar-refractivity contribution is 7.80. The van der Waals surface area contributed by atoms with E-state index in [0.29, 0.717) is 17.3 Å². The van der Waals surface area contributed by atoms with Gasteiger partial charge in [0, 0.05) is 17.1 Å². The van der Waals surface area contributed by atoms with E-state index in [4.69, 9.17) is 25.6 Å². The number of pyridine rings is 1. The first-order valence-corrected chi connectivity index (χ1v) is 18.0. The molecule has 3 amide bonds. The van der Waals surface area contributed by atoms with Crippen molar-refractivity contribution in [2.75, 3.05) is 17.7 Å². The first-order chi connectivity index (χ1) is 24.5. The van der Waals surface area contributed by atoms with E-state index >= 15 is 0 Å². The number of nitrogen functional groups attached to an aromatic ring is 1. The van der Waals surface area contributed by atoms with Gasteiger partial charge in [0.25, 0.3) is 17.9 Å². The van der Waals surface area contributed by atoms with Gasteiger partial charge in [-0.2, -0.15) is 13.5 Å². The molecule has 0 aliphatic carbocycles. The van der Waals surface area contributed by atoms with Crippen molar-refractivity contribution in [1.29, 1.82) is 0 Å². The van der Waals surface area contributed by atoms with Crippen molar-refractivity contribution < 1.29 is 51.1 Å². The van der Waals surface area contributed by atoms with Gasteiger partial charge >= 0.3 is 16.4 Å². The van der Waals surface area contributed by atoms with Crippen molar-refractivity contribution in [3.63, 3.8) is 0 Å². The molecule has 0 bridgehead atoms. The van der Waals surface area contributed by atoms with E-state index in [1.807, 2.05) is 0 Å². The first kappa shape index (κ1) is 39.6. The number of nitrogens with two attached hydrogens (primary N) is 2. The molecule has 1 aliphatic heterocycles. The van der Waals surface area contributed by atoms with Gasteiger partial charge in [-0.25, -0.2) is 14.8 Å². The molecule has 1 aromatic carbocycles. The van der Waals surface area contributed by atoms with E-state index in [-0.39, 0.29) is 22.5 Å². The number of oxime groups is 1. The summed E-state index contributed by atoms with van der Waals surface area (Å²) < 4.78 is 41.1. The molecule has 4 rings (SSSR count). The number of aliphatic carboxylic acids is 1. The predicted molar refractivity (Wildman–Crippen MR) is 187 cm³/mol. The maximum atomic E-state index is 13.2. The molecular weight excluding hydrogens is 725 g/mol. The molecule has 0 saturated carbocycles. The Hall–Kier alpha value is -5.22. The number of nitrogens with zero attached hydrogens (tertiary/aromatic N) is 4. The number of carboxylic acids is 1. The second-order valence-electron chi connectivity index (χ2n) is 12.0. The lowest BCUT2D eigenvalue weighted by Crippen LogP contribution is -2.76. The number of carbonyl (C=O) groups is 4. The largest absolute Gasteiger partial charge is 0.489 e. The Bertz CT molecular complexity index is 1900. The van der Waals surface area contributed by atoms with E-state index in [2.05, 4.69) is 37.0 Å².